The van der Waals surface area contributed by atoms with Gasteiger partial charge in [0.1, 0.15) is 5.75 Å². The molecular weight excluding hydrogens is 446 g/mol. The van der Waals surface area contributed by atoms with Gasteiger partial charge in [0.05, 0.1) is 32.8 Å². The van der Waals surface area contributed by atoms with Crippen LogP contribution in [0.4, 0.5) is 17.1 Å². The lowest BCUT2D eigenvalue weighted by molar-refractivity contribution is -0.394. The van der Waals surface area contributed by atoms with Gasteiger partial charge in [0.2, 0.25) is 0 Å². The first kappa shape index (κ1) is 23.5. The van der Waals surface area contributed by atoms with Crippen LogP contribution in [0, 0.1) is 20.2 Å². The van der Waals surface area contributed by atoms with Crippen molar-refractivity contribution in [1.82, 2.24) is 5.43 Å². The summed E-state index contributed by atoms with van der Waals surface area (Å²) >= 11 is 0. The maximum atomic E-state index is 12.5. The van der Waals surface area contributed by atoms with E-state index in [0.29, 0.717) is 17.0 Å². The first-order valence-corrected chi connectivity index (χ1v) is 9.64. The highest BCUT2D eigenvalue weighted by Gasteiger charge is 2.20. The Kier molecular flexibility index (Phi) is 6.92. The summed E-state index contributed by atoms with van der Waals surface area (Å²) in [6.07, 6.45) is 0. The summed E-state index contributed by atoms with van der Waals surface area (Å²) in [6.45, 7) is 1.64. The molecule has 12 heteroatoms. The van der Waals surface area contributed by atoms with Gasteiger partial charge in [-0.25, -0.2) is 5.43 Å². The second-order valence-corrected chi connectivity index (χ2v) is 6.94. The van der Waals surface area contributed by atoms with Crippen molar-refractivity contribution < 1.29 is 24.5 Å². The molecule has 34 heavy (non-hydrogen) atoms. The fourth-order valence-corrected chi connectivity index (χ4v) is 2.86. The average molecular weight is 463 g/mol. The van der Waals surface area contributed by atoms with Crippen LogP contribution < -0.4 is 10.7 Å². The van der Waals surface area contributed by atoms with Crippen LogP contribution in [-0.4, -0.2) is 32.5 Å². The fourth-order valence-electron chi connectivity index (χ4n) is 2.86. The summed E-state index contributed by atoms with van der Waals surface area (Å²) in [5, 5.41) is 38.2. The van der Waals surface area contributed by atoms with Gasteiger partial charge in [-0.05, 0) is 36.8 Å². The Balaban J connectivity index is 1.71. The van der Waals surface area contributed by atoms with E-state index in [1.165, 1.54) is 24.3 Å². The molecule has 0 unspecified atom stereocenters. The molecule has 3 rings (SSSR count). The molecule has 0 spiro atoms. The molecule has 2 amide bonds. The van der Waals surface area contributed by atoms with Crippen LogP contribution in [0.1, 0.15) is 33.2 Å². The maximum absolute atomic E-state index is 12.5. The monoisotopic (exact) mass is 463 g/mol. The number of benzene rings is 3. The summed E-state index contributed by atoms with van der Waals surface area (Å²) in [5.74, 6) is -1.53. The number of phenolic OH excluding ortho intramolecular Hbond substituents is 1. The van der Waals surface area contributed by atoms with E-state index in [1.807, 2.05) is 0 Å². The highest BCUT2D eigenvalue weighted by atomic mass is 16.6. The number of hydrazone groups is 1. The minimum absolute atomic E-state index is 0.0681. The number of amides is 2. The molecule has 3 aromatic rings. The van der Waals surface area contributed by atoms with E-state index in [4.69, 9.17) is 0 Å². The van der Waals surface area contributed by atoms with E-state index < -0.39 is 33.0 Å². The number of nitrogens with zero attached hydrogens (tertiary/aromatic N) is 3. The third kappa shape index (κ3) is 5.56. The van der Waals surface area contributed by atoms with Crippen LogP contribution in [0.15, 0.2) is 71.8 Å². The lowest BCUT2D eigenvalue weighted by atomic mass is 10.1. The Hall–Kier alpha value is -5.13. The second-order valence-electron chi connectivity index (χ2n) is 6.94. The lowest BCUT2D eigenvalue weighted by Gasteiger charge is -2.08. The van der Waals surface area contributed by atoms with Gasteiger partial charge in [-0.2, -0.15) is 5.10 Å². The summed E-state index contributed by atoms with van der Waals surface area (Å²) in [7, 11) is 0. The van der Waals surface area contributed by atoms with Crippen molar-refractivity contribution in [3.63, 3.8) is 0 Å². The number of anilines is 1. The Morgan fingerprint density at radius 3 is 2.00 bits per heavy atom. The summed E-state index contributed by atoms with van der Waals surface area (Å²) in [6, 6.07) is 14.9. The van der Waals surface area contributed by atoms with Crippen molar-refractivity contribution in [2.45, 2.75) is 6.92 Å². The number of hydrogen-bond acceptors (Lipinski definition) is 8. The van der Waals surface area contributed by atoms with Crippen molar-refractivity contribution in [3.8, 4) is 5.75 Å². The molecule has 0 bridgehead atoms. The number of phenols is 1. The van der Waals surface area contributed by atoms with Gasteiger partial charge in [0.25, 0.3) is 23.2 Å². The first-order valence-electron chi connectivity index (χ1n) is 9.64. The van der Waals surface area contributed by atoms with Gasteiger partial charge in [-0.3, -0.25) is 29.8 Å². The zero-order valence-corrected chi connectivity index (χ0v) is 17.6. The van der Waals surface area contributed by atoms with Crippen LogP contribution in [0.2, 0.25) is 0 Å². The minimum atomic E-state index is -0.821. The smallest absolute Gasteiger partial charge is 0.277 e. The van der Waals surface area contributed by atoms with Gasteiger partial charge in [0.15, 0.2) is 0 Å². The normalized spacial score (nSPS) is 10.9. The standard InChI is InChI=1S/C22H17N5O7/c1-13(24-25-22(30)19-4-2-3-5-20(19)28)14-6-8-16(9-7-14)23-21(29)15-10-17(26(31)32)12-18(11-15)27(33)34/h2-12,28H,1H3,(H,23,29)(H,25,30). The topological polar surface area (TPSA) is 177 Å². The number of aromatic hydroxyl groups is 1. The average Bonchev–Trinajstić information content (AvgIpc) is 2.82. The highest BCUT2D eigenvalue weighted by Crippen LogP contribution is 2.23. The van der Waals surface area contributed by atoms with Gasteiger partial charge in [-0.15, -0.1) is 0 Å². The number of nitro benzene ring substituents is 2. The van der Waals surface area contributed by atoms with E-state index in [2.05, 4.69) is 15.8 Å². The number of para-hydroxylation sites is 1. The molecule has 0 fully saturated rings. The zero-order chi connectivity index (χ0) is 24.8. The number of nitro groups is 2. The van der Waals surface area contributed by atoms with Crippen LogP contribution in [-0.2, 0) is 0 Å². The van der Waals surface area contributed by atoms with Gasteiger partial charge < -0.3 is 10.4 Å². The third-order valence-corrected chi connectivity index (χ3v) is 4.62. The molecule has 3 aromatic carbocycles. The third-order valence-electron chi connectivity index (χ3n) is 4.62. The Labute approximate surface area is 191 Å². The zero-order valence-electron chi connectivity index (χ0n) is 17.6. The van der Waals surface area contributed by atoms with E-state index >= 15 is 0 Å². The number of carbonyl (C=O) groups excluding carboxylic acids is 2. The van der Waals surface area contributed by atoms with Gasteiger partial charge in [0, 0.05) is 17.8 Å². The van der Waals surface area contributed by atoms with Crippen LogP contribution >= 0.6 is 0 Å². The second kappa shape index (κ2) is 9.99. The number of non-ortho nitro benzene ring substituents is 2. The van der Waals surface area contributed by atoms with Crippen LogP contribution in [0.3, 0.4) is 0 Å². The number of nitrogens with one attached hydrogen (secondary N) is 2. The molecule has 0 aliphatic carbocycles. The van der Waals surface area contributed by atoms with E-state index in [9.17, 15) is 34.9 Å². The number of rotatable bonds is 7. The van der Waals surface area contributed by atoms with Crippen molar-refractivity contribution in [2.24, 2.45) is 5.10 Å². The molecule has 0 aliphatic rings. The Morgan fingerprint density at radius 2 is 1.44 bits per heavy atom. The highest BCUT2D eigenvalue weighted by molar-refractivity contribution is 6.06. The summed E-state index contributed by atoms with van der Waals surface area (Å²) < 4.78 is 0. The molecule has 0 aromatic heterocycles. The molecule has 0 saturated heterocycles. The maximum Gasteiger partial charge on any atom is 0.277 e. The minimum Gasteiger partial charge on any atom is -0.507 e. The number of hydrogen-bond donors (Lipinski definition) is 3. The molecule has 0 atom stereocenters. The molecule has 0 heterocycles. The molecule has 12 nitrogen and oxygen atoms in total. The van der Waals surface area contributed by atoms with Crippen LogP contribution in [0.5, 0.6) is 5.75 Å². The number of carbonyl (C=O) groups is 2. The quantitative estimate of drug-likeness (QED) is 0.272. The Bertz CT molecular complexity index is 1290. The van der Waals surface area contributed by atoms with Crippen LogP contribution in [0.25, 0.3) is 0 Å². The fraction of sp³-hybridized carbons (Fsp3) is 0.0455. The van der Waals surface area contributed by atoms with Crippen molar-refractivity contribution in [2.75, 3.05) is 5.32 Å². The van der Waals surface area contributed by atoms with E-state index in [-0.39, 0.29) is 16.9 Å². The molecular formula is C22H17N5O7. The molecule has 3 N–H and O–H groups in total. The summed E-state index contributed by atoms with van der Waals surface area (Å²) in [5.41, 5.74) is 2.40. The van der Waals surface area contributed by atoms with E-state index in [0.717, 1.165) is 18.2 Å². The largest absolute Gasteiger partial charge is 0.507 e. The molecule has 0 radical (unpaired) electrons. The molecule has 0 aliphatic heterocycles. The Morgan fingerprint density at radius 1 is 0.853 bits per heavy atom. The first-order chi connectivity index (χ1) is 16.2. The predicted molar refractivity (Wildman–Crippen MR) is 122 cm³/mol. The van der Waals surface area contributed by atoms with Gasteiger partial charge >= 0.3 is 0 Å². The predicted octanol–water partition coefficient (Wildman–Crippen LogP) is 3.61. The van der Waals surface area contributed by atoms with Crippen molar-refractivity contribution in [1.29, 1.82) is 0 Å². The summed E-state index contributed by atoms with van der Waals surface area (Å²) in [4.78, 5) is 45.0. The molecule has 0 saturated carbocycles. The van der Waals surface area contributed by atoms with Crippen molar-refractivity contribution >= 4 is 34.6 Å². The molecule has 172 valence electrons. The van der Waals surface area contributed by atoms with E-state index in [1.54, 1.807) is 31.2 Å². The van der Waals surface area contributed by atoms with Crippen molar-refractivity contribution in [3.05, 3.63) is 104 Å². The lowest BCUT2D eigenvalue weighted by Crippen LogP contribution is -2.19. The van der Waals surface area contributed by atoms with Gasteiger partial charge in [-0.1, -0.05) is 24.3 Å². The SMILES string of the molecule is CC(=NNC(=O)c1ccccc1O)c1ccc(NC(=O)c2cc([N+](=O)[O-])cc([N+](=O)[O-])c2)cc1.